The Bertz CT molecular complexity index is 1400. The first kappa shape index (κ1) is 17.5. The minimum absolute atomic E-state index is 1.05. The van der Waals surface area contributed by atoms with Crippen LogP contribution in [-0.2, 0) is 0 Å². The summed E-state index contributed by atoms with van der Waals surface area (Å²) in [6.07, 6.45) is 0. The standard InChI is InChI=1S/C23H14N2S4/c1-13-4-6-14(7-5-13)22-24-15-11-21-16(12-20(15)28-22)25-23(29-21)19-9-8-18(27-19)17-3-2-10-26-17/h2-12H,1H3. The molecule has 0 aliphatic rings. The van der Waals surface area contributed by atoms with E-state index in [0.29, 0.717) is 0 Å². The molecule has 0 amide bonds. The lowest BCUT2D eigenvalue weighted by molar-refractivity contribution is 1.44. The van der Waals surface area contributed by atoms with Crippen molar-refractivity contribution >= 4 is 65.8 Å². The van der Waals surface area contributed by atoms with Gasteiger partial charge in [-0.05, 0) is 42.6 Å². The molecule has 0 aliphatic carbocycles. The smallest absolute Gasteiger partial charge is 0.134 e. The maximum Gasteiger partial charge on any atom is 0.134 e. The van der Waals surface area contributed by atoms with Crippen molar-refractivity contribution in [2.45, 2.75) is 6.92 Å². The molecule has 0 saturated carbocycles. The molecule has 6 heteroatoms. The van der Waals surface area contributed by atoms with E-state index >= 15 is 0 Å². The topological polar surface area (TPSA) is 25.8 Å². The second-order valence-corrected chi connectivity index (χ2v) is 10.9. The van der Waals surface area contributed by atoms with Crippen LogP contribution in [0.2, 0.25) is 0 Å². The van der Waals surface area contributed by atoms with Gasteiger partial charge in [-0.2, -0.15) is 0 Å². The summed E-state index contributed by atoms with van der Waals surface area (Å²) in [5.74, 6) is 0. The number of nitrogens with zero attached hydrogens (tertiary/aromatic N) is 2. The zero-order valence-electron chi connectivity index (χ0n) is 15.4. The number of thiazole rings is 2. The predicted molar refractivity (Wildman–Crippen MR) is 130 cm³/mol. The molecule has 29 heavy (non-hydrogen) atoms. The third-order valence-corrected chi connectivity index (χ3v) is 9.18. The molecule has 4 aromatic heterocycles. The molecule has 0 saturated heterocycles. The van der Waals surface area contributed by atoms with E-state index in [4.69, 9.17) is 9.97 Å². The summed E-state index contributed by atoms with van der Waals surface area (Å²) in [7, 11) is 0. The van der Waals surface area contributed by atoms with Crippen LogP contribution >= 0.6 is 45.3 Å². The molecule has 0 fully saturated rings. The summed E-state index contributed by atoms with van der Waals surface area (Å²) >= 11 is 7.08. The SMILES string of the molecule is Cc1ccc(-c2nc3cc4sc(-c5ccc(-c6cccs6)s5)nc4cc3s2)cc1. The lowest BCUT2D eigenvalue weighted by Gasteiger charge is -1.95. The Balaban J connectivity index is 1.40. The molecule has 0 atom stereocenters. The largest absolute Gasteiger partial charge is 0.236 e. The third kappa shape index (κ3) is 3.13. The number of hydrogen-bond donors (Lipinski definition) is 0. The highest BCUT2D eigenvalue weighted by atomic mass is 32.1. The molecule has 0 radical (unpaired) electrons. The molecule has 4 heterocycles. The highest BCUT2D eigenvalue weighted by Crippen LogP contribution is 2.41. The van der Waals surface area contributed by atoms with Crippen LogP contribution in [0.25, 0.3) is 50.6 Å². The Labute approximate surface area is 183 Å². The van der Waals surface area contributed by atoms with Crippen LogP contribution in [0.3, 0.4) is 0 Å². The second kappa shape index (κ2) is 6.85. The van der Waals surface area contributed by atoms with Crippen molar-refractivity contribution in [3.8, 4) is 30.2 Å². The van der Waals surface area contributed by atoms with Crippen LogP contribution in [0.15, 0.2) is 66.0 Å². The Morgan fingerprint density at radius 1 is 0.655 bits per heavy atom. The molecule has 2 aromatic carbocycles. The molecular weight excluding hydrogens is 433 g/mol. The molecule has 6 aromatic rings. The first-order valence-corrected chi connectivity index (χ1v) is 12.5. The van der Waals surface area contributed by atoms with Gasteiger partial charge in [0.15, 0.2) is 0 Å². The summed E-state index contributed by atoms with van der Waals surface area (Å²) < 4.78 is 2.38. The number of benzene rings is 2. The fourth-order valence-corrected chi connectivity index (χ4v) is 7.14. The van der Waals surface area contributed by atoms with Crippen molar-refractivity contribution in [1.29, 1.82) is 0 Å². The van der Waals surface area contributed by atoms with Crippen molar-refractivity contribution < 1.29 is 0 Å². The van der Waals surface area contributed by atoms with Crippen LogP contribution in [0.5, 0.6) is 0 Å². The first-order valence-electron chi connectivity index (χ1n) is 9.15. The van der Waals surface area contributed by atoms with E-state index in [0.717, 1.165) is 21.0 Å². The lowest BCUT2D eigenvalue weighted by Crippen LogP contribution is -1.76. The Kier molecular flexibility index (Phi) is 4.13. The Morgan fingerprint density at radius 3 is 2.07 bits per heavy atom. The van der Waals surface area contributed by atoms with E-state index in [1.165, 1.54) is 35.2 Å². The van der Waals surface area contributed by atoms with Crippen LogP contribution < -0.4 is 0 Å². The van der Waals surface area contributed by atoms with Crippen molar-refractivity contribution in [2.75, 3.05) is 0 Å². The maximum atomic E-state index is 4.93. The van der Waals surface area contributed by atoms with Gasteiger partial charge in [0.05, 0.1) is 25.3 Å². The number of fused-ring (bicyclic) bond motifs is 2. The molecule has 140 valence electrons. The summed E-state index contributed by atoms with van der Waals surface area (Å²) in [6, 6.07) is 21.6. The monoisotopic (exact) mass is 446 g/mol. The van der Waals surface area contributed by atoms with Crippen LogP contribution in [0.1, 0.15) is 5.56 Å². The van der Waals surface area contributed by atoms with Crippen molar-refractivity contribution in [3.05, 3.63) is 71.6 Å². The first-order chi connectivity index (χ1) is 14.2. The minimum Gasteiger partial charge on any atom is -0.236 e. The molecular formula is C23H14N2S4. The molecule has 0 spiro atoms. The third-order valence-electron chi connectivity index (χ3n) is 4.78. The number of aromatic nitrogens is 2. The molecule has 0 unspecified atom stereocenters. The number of aryl methyl sites for hydroxylation is 1. The predicted octanol–water partition coefficient (Wildman–Crippen LogP) is 8.34. The van der Waals surface area contributed by atoms with E-state index in [2.05, 4.69) is 73.0 Å². The second-order valence-electron chi connectivity index (χ2n) is 6.83. The van der Waals surface area contributed by atoms with E-state index in [1.807, 2.05) is 11.3 Å². The van der Waals surface area contributed by atoms with Gasteiger partial charge in [0, 0.05) is 15.3 Å². The molecule has 2 nitrogen and oxygen atoms in total. The summed E-state index contributed by atoms with van der Waals surface area (Å²) in [5, 5.41) is 4.28. The van der Waals surface area contributed by atoms with Crippen molar-refractivity contribution in [1.82, 2.24) is 9.97 Å². The van der Waals surface area contributed by atoms with Crippen molar-refractivity contribution in [3.63, 3.8) is 0 Å². The van der Waals surface area contributed by atoms with Gasteiger partial charge in [0.2, 0.25) is 0 Å². The van der Waals surface area contributed by atoms with Gasteiger partial charge in [-0.1, -0.05) is 35.9 Å². The zero-order valence-corrected chi connectivity index (χ0v) is 18.6. The van der Waals surface area contributed by atoms with Crippen LogP contribution in [0, 0.1) is 6.92 Å². The van der Waals surface area contributed by atoms with Gasteiger partial charge in [-0.3, -0.25) is 0 Å². The quantitative estimate of drug-likeness (QED) is 0.273. The number of thiophene rings is 2. The number of hydrogen-bond acceptors (Lipinski definition) is 6. The minimum atomic E-state index is 1.05. The van der Waals surface area contributed by atoms with Gasteiger partial charge in [-0.15, -0.1) is 45.3 Å². The number of rotatable bonds is 3. The molecule has 0 N–H and O–H groups in total. The van der Waals surface area contributed by atoms with E-state index < -0.39 is 0 Å². The maximum absolute atomic E-state index is 4.93. The molecule has 0 aliphatic heterocycles. The van der Waals surface area contributed by atoms with Crippen LogP contribution in [0.4, 0.5) is 0 Å². The van der Waals surface area contributed by atoms with Gasteiger partial charge < -0.3 is 0 Å². The van der Waals surface area contributed by atoms with Gasteiger partial charge >= 0.3 is 0 Å². The van der Waals surface area contributed by atoms with Gasteiger partial charge in [0.1, 0.15) is 10.0 Å². The highest BCUT2D eigenvalue weighted by Gasteiger charge is 2.13. The van der Waals surface area contributed by atoms with Crippen LogP contribution in [-0.4, -0.2) is 9.97 Å². The Hall–Kier alpha value is -2.38. The van der Waals surface area contributed by atoms with E-state index in [9.17, 15) is 0 Å². The normalized spacial score (nSPS) is 11.6. The summed E-state index contributed by atoms with van der Waals surface area (Å²) in [5.41, 5.74) is 4.55. The molecule has 0 bridgehead atoms. The average molecular weight is 447 g/mol. The zero-order chi connectivity index (χ0) is 19.4. The summed E-state index contributed by atoms with van der Waals surface area (Å²) in [6.45, 7) is 2.11. The highest BCUT2D eigenvalue weighted by molar-refractivity contribution is 7.28. The Morgan fingerprint density at radius 2 is 1.34 bits per heavy atom. The van der Waals surface area contributed by atoms with Gasteiger partial charge in [-0.25, -0.2) is 9.97 Å². The fourth-order valence-electron chi connectivity index (χ4n) is 3.28. The van der Waals surface area contributed by atoms with E-state index in [1.54, 1.807) is 34.0 Å². The fraction of sp³-hybridized carbons (Fsp3) is 0.0435. The summed E-state index contributed by atoms with van der Waals surface area (Å²) in [4.78, 5) is 13.7. The molecule has 6 rings (SSSR count). The lowest BCUT2D eigenvalue weighted by atomic mass is 10.2. The van der Waals surface area contributed by atoms with Gasteiger partial charge in [0.25, 0.3) is 0 Å². The average Bonchev–Trinajstić information content (AvgIpc) is 3.51. The van der Waals surface area contributed by atoms with Crippen molar-refractivity contribution in [2.24, 2.45) is 0 Å². The van der Waals surface area contributed by atoms with E-state index in [-0.39, 0.29) is 0 Å².